The number of ether oxygens (including phenoxy) is 4. The van der Waals surface area contributed by atoms with Crippen LogP contribution in [0, 0.1) is 16.2 Å². The first kappa shape index (κ1) is 36.0. The Bertz CT molecular complexity index is 1680. The highest BCUT2D eigenvalue weighted by molar-refractivity contribution is 5.94. The lowest BCUT2D eigenvalue weighted by Gasteiger charge is -2.45. The van der Waals surface area contributed by atoms with Crippen LogP contribution in [0.15, 0.2) is 97.1 Å². The minimum absolute atomic E-state index is 0.0441. The molecular formula is C43H54N2O4. The number of nitrogens with two attached hydrogens (primary N) is 1. The molecule has 1 aliphatic heterocycles. The first-order valence-electron chi connectivity index (χ1n) is 17.3. The molecule has 6 nitrogen and oxygen atoms in total. The smallest absolute Gasteiger partial charge is 0.200 e. The minimum Gasteiger partial charge on any atom is -0.489 e. The van der Waals surface area contributed by atoms with Gasteiger partial charge in [-0.2, -0.15) is 0 Å². The Balaban J connectivity index is 1.16. The molecule has 1 atom stereocenters. The molecule has 0 aliphatic carbocycles. The quantitative estimate of drug-likeness (QED) is 0.123. The van der Waals surface area contributed by atoms with E-state index in [1.165, 1.54) is 11.1 Å². The van der Waals surface area contributed by atoms with Gasteiger partial charge in [-0.1, -0.05) is 84.0 Å². The summed E-state index contributed by atoms with van der Waals surface area (Å²) in [6.07, 6.45) is 2.68. The van der Waals surface area contributed by atoms with Gasteiger partial charge in [0.15, 0.2) is 0 Å². The van der Waals surface area contributed by atoms with E-state index in [-0.39, 0.29) is 34.0 Å². The maximum absolute atomic E-state index is 7.53. The minimum atomic E-state index is -0.291. The van der Waals surface area contributed by atoms with Crippen LogP contribution in [0.2, 0.25) is 0 Å². The first-order valence-corrected chi connectivity index (χ1v) is 17.3. The largest absolute Gasteiger partial charge is 0.489 e. The van der Waals surface area contributed by atoms with Gasteiger partial charge in [-0.05, 0) is 114 Å². The summed E-state index contributed by atoms with van der Waals surface area (Å²) in [6, 6.07) is 32.3. The summed E-state index contributed by atoms with van der Waals surface area (Å²) in [5.74, 6) is 2.43. The zero-order chi connectivity index (χ0) is 35.5. The molecule has 4 aromatic carbocycles. The van der Waals surface area contributed by atoms with Crippen molar-refractivity contribution in [2.24, 2.45) is 16.6 Å². The van der Waals surface area contributed by atoms with E-state index in [4.69, 9.17) is 30.1 Å². The van der Waals surface area contributed by atoms with Gasteiger partial charge in [-0.3, -0.25) is 5.41 Å². The molecule has 49 heavy (non-hydrogen) atoms. The summed E-state index contributed by atoms with van der Waals surface area (Å²) in [5, 5.41) is 7.53. The fourth-order valence-electron chi connectivity index (χ4n) is 7.65. The van der Waals surface area contributed by atoms with Crippen molar-refractivity contribution in [1.29, 1.82) is 5.41 Å². The van der Waals surface area contributed by atoms with E-state index in [0.29, 0.717) is 18.8 Å². The van der Waals surface area contributed by atoms with Crippen LogP contribution in [-0.2, 0) is 23.4 Å². The predicted molar refractivity (Wildman–Crippen MR) is 199 cm³/mol. The van der Waals surface area contributed by atoms with Gasteiger partial charge in [0.05, 0.1) is 5.60 Å². The van der Waals surface area contributed by atoms with Gasteiger partial charge < -0.3 is 24.7 Å². The number of amidine groups is 1. The van der Waals surface area contributed by atoms with Crippen molar-refractivity contribution < 1.29 is 18.9 Å². The number of hydrogen-bond donors (Lipinski definition) is 2. The van der Waals surface area contributed by atoms with Crippen LogP contribution in [0.3, 0.4) is 0 Å². The van der Waals surface area contributed by atoms with E-state index in [1.54, 1.807) is 12.1 Å². The molecular weight excluding hydrogens is 608 g/mol. The zero-order valence-electron chi connectivity index (χ0n) is 30.6. The van der Waals surface area contributed by atoms with Gasteiger partial charge in [-0.15, -0.1) is 0 Å². The average molecular weight is 663 g/mol. The van der Waals surface area contributed by atoms with Gasteiger partial charge >= 0.3 is 0 Å². The SMILES string of the molecule is CC1(C)CC(Oc2ccc(C(C)(C)c3ccc(OCc4cccc(COc5ccc(C(=N)N)cc5)c4)cc3)cc2)OC(C)(C)CC(C)(C)C1. The molecule has 260 valence electrons. The van der Waals surface area contributed by atoms with Crippen molar-refractivity contribution in [3.63, 3.8) is 0 Å². The Morgan fingerprint density at radius 2 is 1.20 bits per heavy atom. The predicted octanol–water partition coefficient (Wildman–Crippen LogP) is 10.2. The van der Waals surface area contributed by atoms with Gasteiger partial charge in [0.2, 0.25) is 6.29 Å². The molecule has 5 rings (SSSR count). The fourth-order valence-corrected chi connectivity index (χ4v) is 7.65. The lowest BCUT2D eigenvalue weighted by Crippen LogP contribution is -2.44. The number of nitrogens with one attached hydrogen (secondary N) is 1. The van der Waals surface area contributed by atoms with Crippen molar-refractivity contribution in [2.75, 3.05) is 0 Å². The molecule has 3 N–H and O–H groups in total. The third kappa shape index (κ3) is 9.88. The van der Waals surface area contributed by atoms with E-state index in [1.807, 2.05) is 36.4 Å². The summed E-state index contributed by atoms with van der Waals surface area (Å²) in [4.78, 5) is 0. The Hall–Kier alpha value is -4.29. The summed E-state index contributed by atoms with van der Waals surface area (Å²) in [7, 11) is 0. The lowest BCUT2D eigenvalue weighted by molar-refractivity contribution is -0.197. The normalized spacial score (nSPS) is 18.5. The van der Waals surface area contributed by atoms with Gasteiger partial charge in [0, 0.05) is 17.4 Å². The van der Waals surface area contributed by atoms with Crippen LogP contribution in [0.25, 0.3) is 0 Å². The van der Waals surface area contributed by atoms with Gasteiger partial charge in [0.25, 0.3) is 0 Å². The van der Waals surface area contributed by atoms with Crippen LogP contribution >= 0.6 is 0 Å². The van der Waals surface area contributed by atoms with E-state index >= 15 is 0 Å². The molecule has 0 saturated carbocycles. The maximum Gasteiger partial charge on any atom is 0.200 e. The van der Waals surface area contributed by atoms with Crippen molar-refractivity contribution >= 4 is 5.84 Å². The molecule has 4 aromatic rings. The molecule has 1 aliphatic rings. The first-order chi connectivity index (χ1) is 23.0. The fraction of sp³-hybridized carbons (Fsp3) is 0.419. The molecule has 0 radical (unpaired) electrons. The van der Waals surface area contributed by atoms with Crippen LogP contribution in [0.4, 0.5) is 0 Å². The van der Waals surface area contributed by atoms with Crippen LogP contribution in [0.1, 0.15) is 102 Å². The standard InChI is InChI=1S/C43H54N2O4/c1-40(2)25-38(49-42(5,6)29-41(3,4)28-40)48-37-22-16-34(17-23-37)43(7,8)33-14-20-36(21-15-33)47-27-31-11-9-10-30(24-31)26-46-35-18-12-32(13-19-35)39(44)45/h9-24,38H,25-29H2,1-8H3,(H3,44,45). The van der Waals surface area contributed by atoms with E-state index in [9.17, 15) is 0 Å². The lowest BCUT2D eigenvalue weighted by atomic mass is 9.68. The molecule has 0 aromatic heterocycles. The zero-order valence-corrected chi connectivity index (χ0v) is 30.6. The number of rotatable bonds is 11. The van der Waals surface area contributed by atoms with Gasteiger partial charge in [-0.25, -0.2) is 0 Å². The Morgan fingerprint density at radius 3 is 1.71 bits per heavy atom. The number of benzene rings is 4. The summed E-state index contributed by atoms with van der Waals surface area (Å²) < 4.78 is 25.1. The molecule has 0 amide bonds. The second kappa shape index (κ2) is 14.3. The average Bonchev–Trinajstić information content (AvgIpc) is 3.01. The van der Waals surface area contributed by atoms with Crippen LogP contribution in [0.5, 0.6) is 17.2 Å². The highest BCUT2D eigenvalue weighted by Crippen LogP contribution is 2.46. The molecule has 0 spiro atoms. The topological polar surface area (TPSA) is 86.8 Å². The molecule has 1 fully saturated rings. The van der Waals surface area contributed by atoms with Crippen LogP contribution in [-0.4, -0.2) is 17.7 Å². The molecule has 1 heterocycles. The second-order valence-corrected chi connectivity index (χ2v) is 16.3. The second-order valence-electron chi connectivity index (χ2n) is 16.3. The summed E-state index contributed by atoms with van der Waals surface area (Å²) >= 11 is 0. The Kier molecular flexibility index (Phi) is 10.5. The van der Waals surface area contributed by atoms with E-state index < -0.39 is 0 Å². The third-order valence-corrected chi connectivity index (χ3v) is 9.42. The van der Waals surface area contributed by atoms with Crippen molar-refractivity contribution in [3.8, 4) is 17.2 Å². The number of nitrogen functional groups attached to an aromatic ring is 1. The monoisotopic (exact) mass is 662 g/mol. The van der Waals surface area contributed by atoms with Crippen LogP contribution < -0.4 is 19.9 Å². The Morgan fingerprint density at radius 1 is 0.714 bits per heavy atom. The third-order valence-electron chi connectivity index (χ3n) is 9.42. The molecule has 1 saturated heterocycles. The van der Waals surface area contributed by atoms with E-state index in [2.05, 4.69) is 104 Å². The molecule has 0 bridgehead atoms. The van der Waals surface area contributed by atoms with E-state index in [0.717, 1.165) is 47.6 Å². The molecule has 6 heteroatoms. The van der Waals surface area contributed by atoms with Crippen molar-refractivity contribution in [2.45, 2.75) is 105 Å². The summed E-state index contributed by atoms with van der Waals surface area (Å²) in [6.45, 7) is 19.1. The summed E-state index contributed by atoms with van der Waals surface area (Å²) in [5.41, 5.74) is 10.6. The highest BCUT2D eigenvalue weighted by Gasteiger charge is 2.41. The van der Waals surface area contributed by atoms with Crippen molar-refractivity contribution in [3.05, 3.63) is 125 Å². The van der Waals surface area contributed by atoms with Gasteiger partial charge in [0.1, 0.15) is 36.3 Å². The highest BCUT2D eigenvalue weighted by atomic mass is 16.7. The van der Waals surface area contributed by atoms with Crippen molar-refractivity contribution in [1.82, 2.24) is 0 Å². The maximum atomic E-state index is 7.53. The number of hydrogen-bond acceptors (Lipinski definition) is 5. The Labute approximate surface area is 293 Å². The molecule has 1 unspecified atom stereocenters.